The third kappa shape index (κ3) is 5.67. The number of carbonyl (C=O) groups is 2. The number of rotatable bonds is 7. The minimum absolute atomic E-state index is 0.0911. The molecule has 29 heavy (non-hydrogen) atoms. The first-order chi connectivity index (χ1) is 14.1. The van der Waals surface area contributed by atoms with E-state index in [0.717, 1.165) is 9.26 Å². The van der Waals surface area contributed by atoms with Crippen LogP contribution in [0.3, 0.4) is 0 Å². The summed E-state index contributed by atoms with van der Waals surface area (Å²) in [6.45, 7) is 0.0911. The summed E-state index contributed by atoms with van der Waals surface area (Å²) < 4.78 is 11.6. The Morgan fingerprint density at radius 1 is 1.10 bits per heavy atom. The monoisotopic (exact) mass is 503 g/mol. The molecule has 1 amide bonds. The van der Waals surface area contributed by atoms with Crippen LogP contribution >= 0.6 is 22.6 Å². The molecule has 0 atom stereocenters. The SMILES string of the molecule is COC(=O)c1ccccc1-c1ccc(/C=N\NC(=O)CNc2ccc(I)cc2)o1. The number of anilines is 1. The van der Waals surface area contributed by atoms with Gasteiger partial charge < -0.3 is 14.5 Å². The smallest absolute Gasteiger partial charge is 0.338 e. The Labute approximate surface area is 181 Å². The summed E-state index contributed by atoms with van der Waals surface area (Å²) in [7, 11) is 1.33. The largest absolute Gasteiger partial charge is 0.465 e. The fraction of sp³-hybridized carbons (Fsp3) is 0.0952. The molecule has 0 unspecified atom stereocenters. The number of halogens is 1. The van der Waals surface area contributed by atoms with E-state index < -0.39 is 5.97 Å². The standard InChI is InChI=1S/C21H18IN3O4/c1-28-21(27)18-5-3-2-4-17(18)19-11-10-16(29-19)12-24-25-20(26)13-23-15-8-6-14(22)7-9-15/h2-12,23H,13H2,1H3,(H,25,26)/b24-12-. The molecule has 0 fully saturated rings. The number of amides is 1. The number of benzene rings is 2. The van der Waals surface area contributed by atoms with Crippen molar-refractivity contribution in [1.82, 2.24) is 5.43 Å². The molecule has 2 N–H and O–H groups in total. The number of carbonyl (C=O) groups excluding carboxylic acids is 2. The van der Waals surface area contributed by atoms with Crippen molar-refractivity contribution in [2.24, 2.45) is 5.10 Å². The molecule has 0 spiro atoms. The van der Waals surface area contributed by atoms with Crippen LogP contribution in [0.15, 0.2) is 70.2 Å². The first kappa shape index (κ1) is 20.6. The van der Waals surface area contributed by atoms with Crippen LogP contribution in [0.5, 0.6) is 0 Å². The van der Waals surface area contributed by atoms with E-state index >= 15 is 0 Å². The highest BCUT2D eigenvalue weighted by atomic mass is 127. The van der Waals surface area contributed by atoms with E-state index in [1.54, 1.807) is 36.4 Å². The second-order valence-corrected chi connectivity index (χ2v) is 7.14. The predicted molar refractivity (Wildman–Crippen MR) is 119 cm³/mol. The molecule has 0 aliphatic carbocycles. The number of furan rings is 1. The number of hydrogen-bond acceptors (Lipinski definition) is 6. The van der Waals surface area contributed by atoms with Crippen LogP contribution in [0.1, 0.15) is 16.1 Å². The topological polar surface area (TPSA) is 92.9 Å². The van der Waals surface area contributed by atoms with Gasteiger partial charge in [0.2, 0.25) is 0 Å². The van der Waals surface area contributed by atoms with Crippen LogP contribution in [0.2, 0.25) is 0 Å². The number of esters is 1. The van der Waals surface area contributed by atoms with E-state index in [-0.39, 0.29) is 12.5 Å². The normalized spacial score (nSPS) is 10.7. The van der Waals surface area contributed by atoms with Crippen LogP contribution in [0, 0.1) is 3.57 Å². The third-order valence-corrected chi connectivity index (χ3v) is 4.62. The number of hydrogen-bond donors (Lipinski definition) is 2. The van der Waals surface area contributed by atoms with Gasteiger partial charge in [-0.1, -0.05) is 18.2 Å². The molecule has 3 rings (SSSR count). The summed E-state index contributed by atoms with van der Waals surface area (Å²) in [6, 6.07) is 18.1. The molecule has 0 aliphatic heterocycles. The zero-order chi connectivity index (χ0) is 20.6. The minimum atomic E-state index is -0.444. The van der Waals surface area contributed by atoms with Gasteiger partial charge in [-0.25, -0.2) is 10.2 Å². The van der Waals surface area contributed by atoms with Crippen molar-refractivity contribution >= 4 is 46.4 Å². The Morgan fingerprint density at radius 2 is 1.86 bits per heavy atom. The maximum absolute atomic E-state index is 11.9. The summed E-state index contributed by atoms with van der Waals surface area (Å²) >= 11 is 2.22. The quantitative estimate of drug-likeness (QED) is 0.221. The molecule has 148 valence electrons. The van der Waals surface area contributed by atoms with Crippen LogP contribution in [-0.2, 0) is 9.53 Å². The summed E-state index contributed by atoms with van der Waals surface area (Å²) in [5.41, 5.74) is 4.31. The number of nitrogens with one attached hydrogen (secondary N) is 2. The van der Waals surface area contributed by atoms with Crippen molar-refractivity contribution in [3.05, 3.63) is 75.6 Å². The zero-order valence-corrected chi connectivity index (χ0v) is 17.7. The molecule has 0 bridgehead atoms. The molecular weight excluding hydrogens is 485 g/mol. The van der Waals surface area contributed by atoms with Crippen LogP contribution in [0.25, 0.3) is 11.3 Å². The molecular formula is C21H18IN3O4. The average Bonchev–Trinajstić information content (AvgIpc) is 3.21. The maximum atomic E-state index is 11.9. The van der Waals surface area contributed by atoms with Gasteiger partial charge in [-0.3, -0.25) is 4.79 Å². The first-order valence-corrected chi connectivity index (χ1v) is 9.73. The van der Waals surface area contributed by atoms with Gasteiger partial charge in [0.15, 0.2) is 0 Å². The number of methoxy groups -OCH3 is 1. The van der Waals surface area contributed by atoms with Crippen LogP contribution in [-0.4, -0.2) is 31.7 Å². The van der Waals surface area contributed by atoms with Gasteiger partial charge in [0.1, 0.15) is 11.5 Å². The molecule has 0 saturated carbocycles. The molecule has 1 aromatic heterocycles. The molecule has 3 aromatic rings. The Kier molecular flexibility index (Phi) is 7.01. The lowest BCUT2D eigenvalue weighted by molar-refractivity contribution is -0.119. The van der Waals surface area contributed by atoms with E-state index in [2.05, 4.69) is 38.4 Å². The lowest BCUT2D eigenvalue weighted by Gasteiger charge is -2.05. The number of nitrogens with zero attached hydrogens (tertiary/aromatic N) is 1. The first-order valence-electron chi connectivity index (χ1n) is 8.65. The average molecular weight is 503 g/mol. The van der Waals surface area contributed by atoms with Crippen molar-refractivity contribution in [2.45, 2.75) is 0 Å². The lowest BCUT2D eigenvalue weighted by Crippen LogP contribution is -2.25. The second kappa shape index (κ2) is 9.87. The highest BCUT2D eigenvalue weighted by Gasteiger charge is 2.15. The van der Waals surface area contributed by atoms with E-state index in [0.29, 0.717) is 22.6 Å². The predicted octanol–water partition coefficient (Wildman–Crippen LogP) is 3.90. The molecule has 7 nitrogen and oxygen atoms in total. The molecule has 1 heterocycles. The van der Waals surface area contributed by atoms with E-state index in [1.165, 1.54) is 13.3 Å². The Hall–Kier alpha value is -3.14. The fourth-order valence-electron chi connectivity index (χ4n) is 2.51. The van der Waals surface area contributed by atoms with Crippen molar-refractivity contribution in [3.63, 3.8) is 0 Å². The number of hydrazone groups is 1. The maximum Gasteiger partial charge on any atom is 0.338 e. The highest BCUT2D eigenvalue weighted by molar-refractivity contribution is 14.1. The molecule has 0 radical (unpaired) electrons. The summed E-state index contributed by atoms with van der Waals surface area (Å²) in [5, 5.41) is 6.91. The van der Waals surface area contributed by atoms with Gasteiger partial charge in [-0.2, -0.15) is 5.10 Å². The summed E-state index contributed by atoms with van der Waals surface area (Å²) in [5.74, 6) is 0.201. The highest BCUT2D eigenvalue weighted by Crippen LogP contribution is 2.26. The van der Waals surface area contributed by atoms with Crippen molar-refractivity contribution < 1.29 is 18.7 Å². The second-order valence-electron chi connectivity index (χ2n) is 5.89. The molecule has 0 saturated heterocycles. The zero-order valence-electron chi connectivity index (χ0n) is 15.5. The molecule has 2 aromatic carbocycles. The Bertz CT molecular complexity index is 1030. The van der Waals surface area contributed by atoms with Gasteiger partial charge in [-0.05, 0) is 65.1 Å². The van der Waals surface area contributed by atoms with Crippen molar-refractivity contribution in [1.29, 1.82) is 0 Å². The lowest BCUT2D eigenvalue weighted by atomic mass is 10.1. The molecule has 8 heteroatoms. The number of ether oxygens (including phenoxy) is 1. The Morgan fingerprint density at radius 3 is 2.62 bits per heavy atom. The molecule has 0 aliphatic rings. The van der Waals surface area contributed by atoms with E-state index in [1.807, 2.05) is 24.3 Å². The van der Waals surface area contributed by atoms with Crippen LogP contribution in [0.4, 0.5) is 5.69 Å². The van der Waals surface area contributed by atoms with Gasteiger partial charge in [-0.15, -0.1) is 0 Å². The van der Waals surface area contributed by atoms with Crippen LogP contribution < -0.4 is 10.7 Å². The fourth-order valence-corrected chi connectivity index (χ4v) is 2.87. The Balaban J connectivity index is 1.57. The van der Waals surface area contributed by atoms with Gasteiger partial charge in [0, 0.05) is 14.8 Å². The van der Waals surface area contributed by atoms with Gasteiger partial charge >= 0.3 is 5.97 Å². The summed E-state index contributed by atoms with van der Waals surface area (Å²) in [4.78, 5) is 23.8. The van der Waals surface area contributed by atoms with Gasteiger partial charge in [0.05, 0.1) is 25.4 Å². The van der Waals surface area contributed by atoms with E-state index in [4.69, 9.17) is 9.15 Å². The minimum Gasteiger partial charge on any atom is -0.465 e. The summed E-state index contributed by atoms with van der Waals surface area (Å²) in [6.07, 6.45) is 1.40. The van der Waals surface area contributed by atoms with Gasteiger partial charge in [0.25, 0.3) is 5.91 Å². The third-order valence-electron chi connectivity index (χ3n) is 3.90. The van der Waals surface area contributed by atoms with Crippen molar-refractivity contribution in [2.75, 3.05) is 19.0 Å². The van der Waals surface area contributed by atoms with Crippen molar-refractivity contribution in [3.8, 4) is 11.3 Å². The van der Waals surface area contributed by atoms with E-state index in [9.17, 15) is 9.59 Å².